The summed E-state index contributed by atoms with van der Waals surface area (Å²) in [5.41, 5.74) is 5.73. The molecule has 3 heterocycles. The minimum atomic E-state index is -4.59. The lowest BCUT2D eigenvalue weighted by Crippen LogP contribution is -2.16. The lowest BCUT2D eigenvalue weighted by molar-refractivity contribution is -0.141. The Kier molecular flexibility index (Phi) is 4.90. The maximum Gasteiger partial charge on any atom is 0.433 e. The van der Waals surface area contributed by atoms with Crippen LogP contribution in [0.25, 0.3) is 16.9 Å². The first-order chi connectivity index (χ1) is 14.8. The first-order valence-corrected chi connectivity index (χ1v) is 9.08. The predicted octanol–water partition coefficient (Wildman–Crippen LogP) is 3.86. The second kappa shape index (κ2) is 7.56. The summed E-state index contributed by atoms with van der Waals surface area (Å²) in [4.78, 5) is 16.2. The third-order valence-electron chi connectivity index (χ3n) is 4.56. The van der Waals surface area contributed by atoms with Gasteiger partial charge in [0.25, 0.3) is 0 Å². The zero-order chi connectivity index (χ0) is 22.2. The van der Waals surface area contributed by atoms with Crippen LogP contribution in [0.15, 0.2) is 48.8 Å². The van der Waals surface area contributed by atoms with Crippen molar-refractivity contribution in [1.82, 2.24) is 24.5 Å². The summed E-state index contributed by atoms with van der Waals surface area (Å²) in [6, 6.07) is 12.3. The fraction of sp³-hybridized carbons (Fsp3) is 0.150. The summed E-state index contributed by atoms with van der Waals surface area (Å²) < 4.78 is 41.3. The molecule has 0 amide bonds. The molecule has 3 aromatic heterocycles. The number of rotatable bonds is 4. The molecule has 0 aliphatic rings. The van der Waals surface area contributed by atoms with E-state index < -0.39 is 17.9 Å². The van der Waals surface area contributed by atoms with Gasteiger partial charge in [0.1, 0.15) is 46.6 Å². The van der Waals surface area contributed by atoms with Crippen LogP contribution in [0.2, 0.25) is 0 Å². The van der Waals surface area contributed by atoms with Crippen LogP contribution in [0.3, 0.4) is 0 Å². The number of hydrogen-bond donors (Lipinski definition) is 2. The average molecular weight is 424 g/mol. The largest absolute Gasteiger partial charge is 0.433 e. The third kappa shape index (κ3) is 3.71. The number of benzene rings is 1. The molecule has 31 heavy (non-hydrogen) atoms. The quantitative estimate of drug-likeness (QED) is 0.511. The molecule has 11 heteroatoms. The second-order valence-corrected chi connectivity index (χ2v) is 6.64. The van der Waals surface area contributed by atoms with E-state index in [2.05, 4.69) is 25.3 Å². The number of nitrogens with two attached hydrogens (primary N) is 1. The predicted molar refractivity (Wildman–Crippen MR) is 107 cm³/mol. The van der Waals surface area contributed by atoms with Crippen LogP contribution in [0.1, 0.15) is 30.0 Å². The number of nitrogens with zero attached hydrogens (tertiary/aromatic N) is 6. The van der Waals surface area contributed by atoms with E-state index in [0.29, 0.717) is 17.0 Å². The molecular weight excluding hydrogens is 409 g/mol. The van der Waals surface area contributed by atoms with Crippen LogP contribution >= 0.6 is 0 Å². The minimum Gasteiger partial charge on any atom is -0.382 e. The standard InChI is InChI=1S/C20H15F3N8/c1-11(28-17-13(9-24)16(25)26-10-27-17)18-29-14-7-8-15(20(21,22)23)30-19(14)31(18)12-5-3-2-4-6-12/h2-8,10-11H,1H3,(H3,25,26,27,28). The Hall–Kier alpha value is -4.20. The van der Waals surface area contributed by atoms with E-state index in [9.17, 15) is 18.4 Å². The lowest BCUT2D eigenvalue weighted by Gasteiger charge is -2.17. The number of nitrogens with one attached hydrogen (secondary N) is 1. The van der Waals surface area contributed by atoms with Gasteiger partial charge in [0, 0.05) is 5.69 Å². The van der Waals surface area contributed by atoms with E-state index >= 15 is 0 Å². The van der Waals surface area contributed by atoms with Gasteiger partial charge in [0.2, 0.25) is 0 Å². The highest BCUT2D eigenvalue weighted by Gasteiger charge is 2.33. The Bertz CT molecular complexity index is 1290. The van der Waals surface area contributed by atoms with Gasteiger partial charge in [0.15, 0.2) is 5.65 Å². The van der Waals surface area contributed by atoms with Gasteiger partial charge in [-0.1, -0.05) is 18.2 Å². The van der Waals surface area contributed by atoms with E-state index in [-0.39, 0.29) is 22.8 Å². The number of imidazole rings is 1. The molecule has 1 unspecified atom stereocenters. The number of anilines is 2. The molecule has 0 fully saturated rings. The monoisotopic (exact) mass is 424 g/mol. The summed E-state index contributed by atoms with van der Waals surface area (Å²) in [6.07, 6.45) is -3.38. The van der Waals surface area contributed by atoms with Gasteiger partial charge < -0.3 is 11.1 Å². The maximum atomic E-state index is 13.3. The topological polar surface area (TPSA) is 118 Å². The van der Waals surface area contributed by atoms with Crippen molar-refractivity contribution in [2.45, 2.75) is 19.1 Å². The van der Waals surface area contributed by atoms with Crippen molar-refractivity contribution < 1.29 is 13.2 Å². The highest BCUT2D eigenvalue weighted by atomic mass is 19.4. The van der Waals surface area contributed by atoms with E-state index in [1.54, 1.807) is 41.8 Å². The number of pyridine rings is 1. The molecule has 8 nitrogen and oxygen atoms in total. The van der Waals surface area contributed by atoms with Crippen molar-refractivity contribution in [3.63, 3.8) is 0 Å². The van der Waals surface area contributed by atoms with Crippen molar-refractivity contribution in [2.24, 2.45) is 0 Å². The molecule has 3 N–H and O–H groups in total. The van der Waals surface area contributed by atoms with Gasteiger partial charge in [-0.15, -0.1) is 0 Å². The number of fused-ring (bicyclic) bond motifs is 1. The van der Waals surface area contributed by atoms with Gasteiger partial charge in [-0.2, -0.15) is 18.4 Å². The van der Waals surface area contributed by atoms with Gasteiger partial charge >= 0.3 is 6.18 Å². The number of aromatic nitrogens is 5. The molecule has 0 aliphatic heterocycles. The molecular formula is C20H15F3N8. The average Bonchev–Trinajstić information content (AvgIpc) is 3.13. The summed E-state index contributed by atoms with van der Waals surface area (Å²) in [7, 11) is 0. The normalized spacial score (nSPS) is 12.5. The highest BCUT2D eigenvalue weighted by Crippen LogP contribution is 2.32. The third-order valence-corrected chi connectivity index (χ3v) is 4.56. The molecule has 0 saturated carbocycles. The SMILES string of the molecule is CC(Nc1ncnc(N)c1C#N)c1nc2ccc(C(F)(F)F)nc2n1-c1ccccc1. The van der Waals surface area contributed by atoms with E-state index in [1.807, 2.05) is 6.07 Å². The zero-order valence-corrected chi connectivity index (χ0v) is 16.1. The van der Waals surface area contributed by atoms with Crippen LogP contribution in [-0.2, 0) is 6.18 Å². The van der Waals surface area contributed by atoms with Crippen molar-refractivity contribution in [3.05, 3.63) is 65.9 Å². The lowest BCUT2D eigenvalue weighted by atomic mass is 10.2. The molecule has 1 atom stereocenters. The zero-order valence-electron chi connectivity index (χ0n) is 16.1. The van der Waals surface area contributed by atoms with Crippen molar-refractivity contribution in [3.8, 4) is 11.8 Å². The Balaban J connectivity index is 1.88. The number of halogens is 3. The summed E-state index contributed by atoms with van der Waals surface area (Å²) >= 11 is 0. The molecule has 0 radical (unpaired) electrons. The molecule has 0 spiro atoms. The molecule has 156 valence electrons. The van der Waals surface area contributed by atoms with Crippen molar-refractivity contribution in [2.75, 3.05) is 11.1 Å². The Labute approximate surface area is 174 Å². The first-order valence-electron chi connectivity index (χ1n) is 9.08. The van der Waals surface area contributed by atoms with Gasteiger partial charge in [-0.3, -0.25) is 4.57 Å². The summed E-state index contributed by atoms with van der Waals surface area (Å²) in [5, 5.41) is 12.4. The van der Waals surface area contributed by atoms with E-state index in [0.717, 1.165) is 6.07 Å². The van der Waals surface area contributed by atoms with Crippen molar-refractivity contribution in [1.29, 1.82) is 5.26 Å². The van der Waals surface area contributed by atoms with Crippen LogP contribution in [0, 0.1) is 11.3 Å². The summed E-state index contributed by atoms with van der Waals surface area (Å²) in [5.74, 6) is 0.590. The number of hydrogen-bond acceptors (Lipinski definition) is 7. The first kappa shape index (κ1) is 20.1. The maximum absolute atomic E-state index is 13.3. The molecule has 4 aromatic rings. The van der Waals surface area contributed by atoms with E-state index in [4.69, 9.17) is 5.73 Å². The van der Waals surface area contributed by atoms with Gasteiger partial charge in [0.05, 0.1) is 6.04 Å². The molecule has 1 aromatic carbocycles. The van der Waals surface area contributed by atoms with Crippen LogP contribution in [0.4, 0.5) is 24.8 Å². The van der Waals surface area contributed by atoms with Gasteiger partial charge in [-0.25, -0.2) is 19.9 Å². The fourth-order valence-electron chi connectivity index (χ4n) is 3.14. The molecule has 0 bridgehead atoms. The highest BCUT2D eigenvalue weighted by molar-refractivity contribution is 5.75. The number of nitrogen functional groups attached to an aromatic ring is 1. The van der Waals surface area contributed by atoms with Crippen LogP contribution in [-0.4, -0.2) is 24.5 Å². The van der Waals surface area contributed by atoms with E-state index in [1.165, 1.54) is 12.4 Å². The fourth-order valence-corrected chi connectivity index (χ4v) is 3.14. The second-order valence-electron chi connectivity index (χ2n) is 6.64. The number of para-hydroxylation sites is 1. The smallest absolute Gasteiger partial charge is 0.382 e. The number of alkyl halides is 3. The summed E-state index contributed by atoms with van der Waals surface area (Å²) in [6.45, 7) is 1.74. The molecule has 4 rings (SSSR count). The molecule has 0 aliphatic carbocycles. The van der Waals surface area contributed by atoms with Gasteiger partial charge in [-0.05, 0) is 31.2 Å². The van der Waals surface area contributed by atoms with Crippen LogP contribution in [0.5, 0.6) is 0 Å². The van der Waals surface area contributed by atoms with Crippen LogP contribution < -0.4 is 11.1 Å². The van der Waals surface area contributed by atoms with Crippen molar-refractivity contribution >= 4 is 22.8 Å². The Morgan fingerprint density at radius 2 is 1.84 bits per heavy atom. The minimum absolute atomic E-state index is 0.0141. The number of nitriles is 1. The molecule has 0 saturated heterocycles. The Morgan fingerprint density at radius 3 is 2.52 bits per heavy atom. The Morgan fingerprint density at radius 1 is 1.10 bits per heavy atom.